The topological polar surface area (TPSA) is 35.6 Å². The number of nitrogens with one attached hydrogen (secondary N) is 1. The molecule has 0 aliphatic carbocycles. The van der Waals surface area contributed by atoms with Crippen LogP contribution in [0.3, 0.4) is 0 Å². The summed E-state index contributed by atoms with van der Waals surface area (Å²) >= 11 is 0. The van der Waals surface area contributed by atoms with Crippen molar-refractivity contribution in [3.63, 3.8) is 0 Å². The second-order valence-electron chi connectivity index (χ2n) is 3.33. The Bertz CT molecular complexity index is 187. The van der Waals surface area contributed by atoms with E-state index in [4.69, 9.17) is 0 Å². The van der Waals surface area contributed by atoms with Gasteiger partial charge in [-0.05, 0) is 0 Å². The van der Waals surface area contributed by atoms with E-state index >= 15 is 0 Å². The smallest absolute Gasteiger partial charge is 0.270 e. The minimum atomic E-state index is -2.52. The van der Waals surface area contributed by atoms with Gasteiger partial charge < -0.3 is 0 Å². The largest absolute Gasteiger partial charge is 0.284 e. The fourth-order valence-electron chi connectivity index (χ4n) is 1.80. The summed E-state index contributed by atoms with van der Waals surface area (Å²) in [4.78, 5) is 0. The molecule has 0 aliphatic rings. The molecule has 0 rings (SSSR count). The van der Waals surface area contributed by atoms with E-state index in [2.05, 4.69) is 32.8 Å². The summed E-state index contributed by atoms with van der Waals surface area (Å²) in [7, 11) is -2.52. The minimum Gasteiger partial charge on any atom is -0.270 e. The Morgan fingerprint density at radius 3 is 1.40 bits per heavy atom. The van der Waals surface area contributed by atoms with Crippen LogP contribution in [0.2, 0.25) is 0 Å². The summed E-state index contributed by atoms with van der Waals surface area (Å²) in [6.45, 7) is 14.2. The molecule has 0 aromatic heterocycles. The minimum absolute atomic E-state index is 0.740. The van der Waals surface area contributed by atoms with Crippen LogP contribution < -0.4 is 5.09 Å². The number of hydrogen-bond acceptors (Lipinski definition) is 1. The van der Waals surface area contributed by atoms with E-state index in [1.807, 2.05) is 16.3 Å². The summed E-state index contributed by atoms with van der Waals surface area (Å²) in [6, 6.07) is 0. The maximum absolute atomic E-state index is 12.9. The van der Waals surface area contributed by atoms with Crippen LogP contribution in [-0.4, -0.2) is 42.1 Å². The molecule has 0 radical (unpaired) electrons. The molecule has 0 saturated heterocycles. The van der Waals surface area contributed by atoms with Crippen LogP contribution in [0.1, 0.15) is 34.6 Å². The Hall–Kier alpha value is 0.110. The predicted molar refractivity (Wildman–Crippen MR) is 67.1 cm³/mol. The average Bonchev–Trinajstić information content (AvgIpc) is 2.21. The summed E-state index contributed by atoms with van der Waals surface area (Å²) < 4.78 is 16.9. The molecule has 0 bridgehead atoms. The lowest BCUT2D eigenvalue weighted by molar-refractivity contribution is 0.349. The van der Waals surface area contributed by atoms with Gasteiger partial charge in [-0.25, -0.2) is 14.4 Å². The van der Waals surface area contributed by atoms with Crippen LogP contribution in [0.4, 0.5) is 0 Å². The third-order valence-electron chi connectivity index (χ3n) is 2.59. The molecule has 4 nitrogen and oxygen atoms in total. The van der Waals surface area contributed by atoms with Crippen LogP contribution >= 0.6 is 7.59 Å². The fraction of sp³-hybridized carbons (Fsp3) is 1.00. The van der Waals surface area contributed by atoms with E-state index in [9.17, 15) is 4.57 Å². The second kappa shape index (κ2) is 7.39. The first-order valence-electron chi connectivity index (χ1n) is 5.96. The average molecular weight is 235 g/mol. The molecule has 5 heteroatoms. The molecule has 0 saturated carbocycles. The van der Waals surface area contributed by atoms with Gasteiger partial charge in [0.2, 0.25) is 0 Å². The highest BCUT2D eigenvalue weighted by Crippen LogP contribution is 2.48. The highest BCUT2D eigenvalue weighted by Gasteiger charge is 2.32. The van der Waals surface area contributed by atoms with Gasteiger partial charge in [0.05, 0.1) is 0 Å². The fourth-order valence-corrected chi connectivity index (χ4v) is 4.50. The lowest BCUT2D eigenvalue weighted by Gasteiger charge is -2.37. The third kappa shape index (κ3) is 3.56. The maximum atomic E-state index is 12.9. The Kier molecular flexibility index (Phi) is 7.45. The monoisotopic (exact) mass is 235 g/mol. The molecule has 15 heavy (non-hydrogen) atoms. The second-order valence-corrected chi connectivity index (χ2v) is 5.87. The van der Waals surface area contributed by atoms with Crippen LogP contribution in [-0.2, 0) is 4.57 Å². The molecule has 0 aromatic rings. The zero-order chi connectivity index (χ0) is 11.9. The van der Waals surface area contributed by atoms with E-state index in [1.54, 1.807) is 0 Å². The van der Waals surface area contributed by atoms with Crippen molar-refractivity contribution in [1.82, 2.24) is 14.4 Å². The Balaban J connectivity index is 4.92. The van der Waals surface area contributed by atoms with Gasteiger partial charge in [-0.3, -0.25) is 4.57 Å². The summed E-state index contributed by atoms with van der Waals surface area (Å²) in [5.41, 5.74) is 0. The van der Waals surface area contributed by atoms with Crippen LogP contribution in [0.25, 0.3) is 0 Å². The van der Waals surface area contributed by atoms with E-state index in [0.717, 1.165) is 32.7 Å². The van der Waals surface area contributed by atoms with E-state index in [0.29, 0.717) is 0 Å². The first-order chi connectivity index (χ1) is 7.10. The highest BCUT2D eigenvalue weighted by molar-refractivity contribution is 7.56. The van der Waals surface area contributed by atoms with Crippen LogP contribution in [0, 0.1) is 0 Å². The van der Waals surface area contributed by atoms with Crippen molar-refractivity contribution in [3.8, 4) is 0 Å². The Morgan fingerprint density at radius 1 is 0.867 bits per heavy atom. The normalized spacial score (nSPS) is 12.7. The molecule has 0 fully saturated rings. The molecule has 0 spiro atoms. The third-order valence-corrected chi connectivity index (χ3v) is 5.98. The molecule has 0 aromatic carbocycles. The van der Waals surface area contributed by atoms with Crippen LogP contribution in [0.5, 0.6) is 0 Å². The van der Waals surface area contributed by atoms with Gasteiger partial charge in [0, 0.05) is 32.7 Å². The van der Waals surface area contributed by atoms with Gasteiger partial charge in [-0.1, -0.05) is 34.6 Å². The molecular formula is C10H26N3OP. The summed E-state index contributed by atoms with van der Waals surface area (Å²) in [5, 5.41) is 3.17. The van der Waals surface area contributed by atoms with Gasteiger partial charge in [-0.15, -0.1) is 0 Å². The van der Waals surface area contributed by atoms with Crippen molar-refractivity contribution in [2.75, 3.05) is 32.7 Å². The quantitative estimate of drug-likeness (QED) is 0.655. The number of rotatable bonds is 8. The van der Waals surface area contributed by atoms with Gasteiger partial charge in [0.25, 0.3) is 7.59 Å². The molecule has 0 aliphatic heterocycles. The molecule has 0 unspecified atom stereocenters. The predicted octanol–water partition coefficient (Wildman–Crippen LogP) is 2.39. The lowest BCUT2D eigenvalue weighted by Crippen LogP contribution is -2.38. The standard InChI is InChI=1S/C10H26N3OP/c1-6-11-15(14,12(7-2)8-3)13(9-4)10-5/h6-10H2,1-5H3,(H,11,14). The molecule has 0 atom stereocenters. The molecular weight excluding hydrogens is 209 g/mol. The van der Waals surface area contributed by atoms with E-state index < -0.39 is 7.59 Å². The van der Waals surface area contributed by atoms with E-state index in [-0.39, 0.29) is 0 Å². The van der Waals surface area contributed by atoms with Gasteiger partial charge in [0.15, 0.2) is 0 Å². The molecule has 0 amide bonds. The lowest BCUT2D eigenvalue weighted by atomic mass is 10.7. The first kappa shape index (κ1) is 15.1. The number of nitrogens with zero attached hydrogens (tertiary/aromatic N) is 2. The maximum Gasteiger partial charge on any atom is 0.284 e. The Labute approximate surface area is 94.6 Å². The SMILES string of the molecule is CCNP(=O)(N(CC)CC)N(CC)CC. The molecule has 1 N–H and O–H groups in total. The van der Waals surface area contributed by atoms with Crippen molar-refractivity contribution in [3.05, 3.63) is 0 Å². The van der Waals surface area contributed by atoms with Gasteiger partial charge in [-0.2, -0.15) is 0 Å². The van der Waals surface area contributed by atoms with Crippen molar-refractivity contribution < 1.29 is 4.57 Å². The zero-order valence-corrected chi connectivity index (χ0v) is 11.7. The van der Waals surface area contributed by atoms with Crippen LogP contribution in [0.15, 0.2) is 0 Å². The first-order valence-corrected chi connectivity index (χ1v) is 7.57. The van der Waals surface area contributed by atoms with Crippen molar-refractivity contribution in [2.24, 2.45) is 0 Å². The highest BCUT2D eigenvalue weighted by atomic mass is 31.2. The van der Waals surface area contributed by atoms with Crippen molar-refractivity contribution in [1.29, 1.82) is 0 Å². The van der Waals surface area contributed by atoms with Gasteiger partial charge in [0.1, 0.15) is 0 Å². The van der Waals surface area contributed by atoms with Crippen molar-refractivity contribution in [2.45, 2.75) is 34.6 Å². The molecule has 92 valence electrons. The zero-order valence-electron chi connectivity index (χ0n) is 10.8. The number of hydrogen-bond donors (Lipinski definition) is 1. The summed E-state index contributed by atoms with van der Waals surface area (Å²) in [5.74, 6) is 0. The van der Waals surface area contributed by atoms with Crippen molar-refractivity contribution >= 4 is 7.59 Å². The summed E-state index contributed by atoms with van der Waals surface area (Å²) in [6.07, 6.45) is 0. The van der Waals surface area contributed by atoms with E-state index in [1.165, 1.54) is 0 Å². The molecule has 0 heterocycles. The Morgan fingerprint density at radius 2 is 1.20 bits per heavy atom. The van der Waals surface area contributed by atoms with Gasteiger partial charge >= 0.3 is 0 Å².